The fourth-order valence-corrected chi connectivity index (χ4v) is 3.92. The highest BCUT2D eigenvalue weighted by Gasteiger charge is 2.03. The summed E-state index contributed by atoms with van der Waals surface area (Å²) in [5, 5.41) is 12.3. The first-order valence-electron chi connectivity index (χ1n) is 10.2. The Morgan fingerprint density at radius 1 is 0.750 bits per heavy atom. The Hall–Kier alpha value is -0.700. The molecule has 0 N–H and O–H groups in total. The molecule has 1 rings (SSSR count). The molecule has 3 heteroatoms. The molecule has 1 aromatic heterocycles. The molecule has 0 aliphatic carbocycles. The van der Waals surface area contributed by atoms with E-state index >= 15 is 0 Å². The van der Waals surface area contributed by atoms with Crippen LogP contribution in [-0.2, 0) is 0 Å². The van der Waals surface area contributed by atoms with Gasteiger partial charge in [-0.25, -0.2) is 0 Å². The van der Waals surface area contributed by atoms with Gasteiger partial charge in [0.2, 0.25) is 0 Å². The van der Waals surface area contributed by atoms with E-state index in [0.29, 0.717) is 0 Å². The van der Waals surface area contributed by atoms with Gasteiger partial charge < -0.3 is 5.21 Å². The van der Waals surface area contributed by atoms with Crippen molar-refractivity contribution >= 4 is 11.8 Å². The van der Waals surface area contributed by atoms with E-state index in [-0.39, 0.29) is 0 Å². The van der Waals surface area contributed by atoms with E-state index < -0.39 is 0 Å². The van der Waals surface area contributed by atoms with E-state index in [1.807, 2.05) is 12.1 Å². The minimum Gasteiger partial charge on any atom is -0.618 e. The van der Waals surface area contributed by atoms with Crippen LogP contribution in [0, 0.1) is 5.21 Å². The maximum atomic E-state index is 11.5. The van der Waals surface area contributed by atoms with Gasteiger partial charge in [-0.3, -0.25) is 0 Å². The normalized spacial score (nSPS) is 11.0. The zero-order chi connectivity index (χ0) is 17.3. The third-order valence-electron chi connectivity index (χ3n) is 4.54. The van der Waals surface area contributed by atoms with Gasteiger partial charge in [-0.05, 0) is 12.5 Å². The number of thioether (sulfide) groups is 1. The summed E-state index contributed by atoms with van der Waals surface area (Å²) in [5.41, 5.74) is 0. The summed E-state index contributed by atoms with van der Waals surface area (Å²) in [6.45, 7) is 2.28. The summed E-state index contributed by atoms with van der Waals surface area (Å²) < 4.78 is 0.967. The van der Waals surface area contributed by atoms with Crippen LogP contribution in [0.3, 0.4) is 0 Å². The number of aromatic nitrogens is 1. The van der Waals surface area contributed by atoms with Crippen LogP contribution in [-0.4, -0.2) is 5.75 Å². The predicted octanol–water partition coefficient (Wildman–Crippen LogP) is 6.89. The van der Waals surface area contributed by atoms with Gasteiger partial charge in [0.05, 0.1) is 0 Å². The van der Waals surface area contributed by atoms with Crippen molar-refractivity contribution in [3.8, 4) is 0 Å². The minimum absolute atomic E-state index is 0.826. The van der Waals surface area contributed by atoms with Gasteiger partial charge in [-0.1, -0.05) is 102 Å². The number of unbranched alkanes of at least 4 members (excludes halogenated alkanes) is 13. The smallest absolute Gasteiger partial charge is 0.251 e. The first-order chi connectivity index (χ1) is 11.8. The van der Waals surface area contributed by atoms with Crippen molar-refractivity contribution in [1.29, 1.82) is 0 Å². The lowest BCUT2D eigenvalue weighted by atomic mass is 10.0. The van der Waals surface area contributed by atoms with Crippen molar-refractivity contribution in [2.45, 2.75) is 102 Å². The molecule has 0 bridgehead atoms. The van der Waals surface area contributed by atoms with E-state index in [4.69, 9.17) is 0 Å². The second-order valence-electron chi connectivity index (χ2n) is 6.81. The Morgan fingerprint density at radius 2 is 1.25 bits per heavy atom. The number of pyridine rings is 1. The lowest BCUT2D eigenvalue weighted by Crippen LogP contribution is -2.27. The quantitative estimate of drug-likeness (QED) is 0.140. The molecule has 138 valence electrons. The summed E-state index contributed by atoms with van der Waals surface area (Å²) in [6, 6.07) is 5.62. The van der Waals surface area contributed by atoms with Crippen molar-refractivity contribution in [3.63, 3.8) is 0 Å². The van der Waals surface area contributed by atoms with Crippen molar-refractivity contribution in [3.05, 3.63) is 29.6 Å². The van der Waals surface area contributed by atoms with Crippen molar-refractivity contribution in [2.75, 3.05) is 5.75 Å². The minimum atomic E-state index is 0.826. The molecule has 0 saturated heterocycles. The highest BCUT2D eigenvalue weighted by atomic mass is 32.2. The average Bonchev–Trinajstić information content (AvgIpc) is 2.60. The molecule has 0 radical (unpaired) electrons. The largest absolute Gasteiger partial charge is 0.618 e. The van der Waals surface area contributed by atoms with E-state index in [1.165, 1.54) is 89.9 Å². The molecule has 1 aromatic rings. The van der Waals surface area contributed by atoms with E-state index in [2.05, 4.69) is 6.92 Å². The highest BCUT2D eigenvalue weighted by molar-refractivity contribution is 7.99. The van der Waals surface area contributed by atoms with Crippen LogP contribution >= 0.6 is 11.8 Å². The number of rotatable bonds is 16. The molecule has 0 fully saturated rings. The van der Waals surface area contributed by atoms with Gasteiger partial charge in [-0.2, -0.15) is 4.73 Å². The number of hydrogen-bond acceptors (Lipinski definition) is 2. The molecule has 0 saturated carbocycles. The zero-order valence-corrected chi connectivity index (χ0v) is 16.5. The summed E-state index contributed by atoms with van der Waals surface area (Å²) in [5.74, 6) is 1.06. The average molecular weight is 352 g/mol. The Labute approximate surface area is 154 Å². The molecular weight excluding hydrogens is 314 g/mol. The molecule has 0 aliphatic rings. The van der Waals surface area contributed by atoms with E-state index in [1.54, 1.807) is 24.0 Å². The van der Waals surface area contributed by atoms with Gasteiger partial charge in [-0.15, -0.1) is 0 Å². The summed E-state index contributed by atoms with van der Waals surface area (Å²) >= 11 is 1.68. The molecule has 0 unspecified atom stereocenters. The summed E-state index contributed by atoms with van der Waals surface area (Å²) in [7, 11) is 0. The van der Waals surface area contributed by atoms with Crippen molar-refractivity contribution in [1.82, 2.24) is 0 Å². The van der Waals surface area contributed by atoms with Crippen LogP contribution in [0.2, 0.25) is 0 Å². The third-order valence-corrected chi connectivity index (χ3v) is 5.64. The molecule has 0 spiro atoms. The second-order valence-corrected chi connectivity index (χ2v) is 7.92. The molecule has 0 aromatic carbocycles. The molecule has 1 heterocycles. The molecular formula is C21H37NOS. The van der Waals surface area contributed by atoms with E-state index in [9.17, 15) is 5.21 Å². The second kappa shape index (κ2) is 15.8. The first kappa shape index (κ1) is 21.3. The van der Waals surface area contributed by atoms with Gasteiger partial charge in [0.25, 0.3) is 5.03 Å². The highest BCUT2D eigenvalue weighted by Crippen LogP contribution is 2.17. The maximum absolute atomic E-state index is 11.5. The van der Waals surface area contributed by atoms with Gasteiger partial charge in [0, 0.05) is 17.9 Å². The molecule has 0 aliphatic heterocycles. The van der Waals surface area contributed by atoms with Gasteiger partial charge in [0.15, 0.2) is 6.20 Å². The Balaban J connectivity index is 1.77. The van der Waals surface area contributed by atoms with Gasteiger partial charge in [0.1, 0.15) is 0 Å². The number of hydrogen-bond donors (Lipinski definition) is 0. The lowest BCUT2D eigenvalue weighted by Gasteiger charge is -2.04. The Bertz CT molecular complexity index is 397. The fraction of sp³-hybridized carbons (Fsp3) is 0.762. The molecule has 0 atom stereocenters. The molecule has 2 nitrogen and oxygen atoms in total. The van der Waals surface area contributed by atoms with Crippen LogP contribution in [0.25, 0.3) is 0 Å². The lowest BCUT2D eigenvalue weighted by molar-refractivity contribution is -0.645. The fourth-order valence-electron chi connectivity index (χ4n) is 3.00. The monoisotopic (exact) mass is 351 g/mol. The van der Waals surface area contributed by atoms with Crippen molar-refractivity contribution < 1.29 is 4.73 Å². The number of nitrogens with zero attached hydrogens (tertiary/aromatic N) is 1. The third kappa shape index (κ3) is 11.8. The zero-order valence-electron chi connectivity index (χ0n) is 15.7. The molecule has 24 heavy (non-hydrogen) atoms. The van der Waals surface area contributed by atoms with Crippen LogP contribution in [0.5, 0.6) is 0 Å². The Morgan fingerprint density at radius 3 is 1.75 bits per heavy atom. The van der Waals surface area contributed by atoms with Crippen molar-refractivity contribution in [2.24, 2.45) is 0 Å². The molecule has 0 amide bonds. The van der Waals surface area contributed by atoms with Gasteiger partial charge >= 0.3 is 0 Å². The SMILES string of the molecule is CCCCCCCCCCCCCCCCSc1cccc[n+]1[O-]. The summed E-state index contributed by atoms with van der Waals surface area (Å²) in [6.07, 6.45) is 21.1. The van der Waals surface area contributed by atoms with Crippen LogP contribution in [0.15, 0.2) is 29.4 Å². The maximum Gasteiger partial charge on any atom is 0.251 e. The standard InChI is InChI=1S/C21H37NOS/c1-2-3-4-5-6-7-8-9-10-11-12-13-14-17-20-24-21-18-15-16-19-22(21)23/h15-16,18-19H,2-14,17,20H2,1H3. The Kier molecular flexibility index (Phi) is 14.1. The predicted molar refractivity (Wildman–Crippen MR) is 106 cm³/mol. The first-order valence-corrected chi connectivity index (χ1v) is 11.1. The topological polar surface area (TPSA) is 26.9 Å². The van der Waals surface area contributed by atoms with Crippen LogP contribution in [0.1, 0.15) is 96.8 Å². The summed E-state index contributed by atoms with van der Waals surface area (Å²) in [4.78, 5) is 0. The van der Waals surface area contributed by atoms with Crippen LogP contribution < -0.4 is 4.73 Å². The van der Waals surface area contributed by atoms with Crippen LogP contribution in [0.4, 0.5) is 0 Å². The van der Waals surface area contributed by atoms with E-state index in [0.717, 1.165) is 15.5 Å².